The van der Waals surface area contributed by atoms with Gasteiger partial charge in [-0.05, 0) is 24.1 Å². The third-order valence-electron chi connectivity index (χ3n) is 3.85. The number of aromatic amines is 1. The van der Waals surface area contributed by atoms with Gasteiger partial charge in [-0.2, -0.15) is 0 Å². The lowest BCUT2D eigenvalue weighted by Gasteiger charge is -2.11. The van der Waals surface area contributed by atoms with Gasteiger partial charge < -0.3 is 15.6 Å². The first-order valence-electron chi connectivity index (χ1n) is 8.27. The molecule has 5 nitrogen and oxygen atoms in total. The van der Waals surface area contributed by atoms with Crippen LogP contribution in [-0.2, 0) is 13.0 Å². The molecule has 3 aromatic rings. The van der Waals surface area contributed by atoms with Crippen molar-refractivity contribution in [3.63, 3.8) is 0 Å². The van der Waals surface area contributed by atoms with E-state index in [1.165, 1.54) is 5.56 Å². The summed E-state index contributed by atoms with van der Waals surface area (Å²) in [4.78, 5) is 12.2. The first-order valence-corrected chi connectivity index (χ1v) is 8.27. The number of rotatable bonds is 6. The smallest absolute Gasteiger partial charge is 0.191 e. The fourth-order valence-electron chi connectivity index (χ4n) is 2.59. The molecule has 6 heteroatoms. The SMILES string of the molecule is CN=C(NCCCc1nc2ccccc2[nH]1)NCc1ccccc1.I. The fourth-order valence-corrected chi connectivity index (χ4v) is 2.59. The molecule has 25 heavy (non-hydrogen) atoms. The zero-order chi connectivity index (χ0) is 16.6. The number of benzene rings is 2. The summed E-state index contributed by atoms with van der Waals surface area (Å²) in [6.07, 6.45) is 1.91. The van der Waals surface area contributed by atoms with Crippen LogP contribution >= 0.6 is 24.0 Å². The highest BCUT2D eigenvalue weighted by atomic mass is 127. The molecular formula is C19H24IN5. The number of aliphatic imine (C=N–C) groups is 1. The van der Waals surface area contributed by atoms with Gasteiger partial charge >= 0.3 is 0 Å². The molecule has 2 aromatic carbocycles. The molecule has 0 unspecified atom stereocenters. The first kappa shape index (κ1) is 19.2. The van der Waals surface area contributed by atoms with Crippen LogP contribution in [0.5, 0.6) is 0 Å². The summed E-state index contributed by atoms with van der Waals surface area (Å²) in [5.41, 5.74) is 3.37. The highest BCUT2D eigenvalue weighted by Crippen LogP contribution is 2.11. The Morgan fingerprint density at radius 2 is 1.80 bits per heavy atom. The number of para-hydroxylation sites is 2. The van der Waals surface area contributed by atoms with E-state index in [2.05, 4.69) is 43.8 Å². The maximum Gasteiger partial charge on any atom is 0.191 e. The van der Waals surface area contributed by atoms with Crippen molar-refractivity contribution in [2.75, 3.05) is 13.6 Å². The zero-order valence-electron chi connectivity index (χ0n) is 14.3. The predicted molar refractivity (Wildman–Crippen MR) is 114 cm³/mol. The molecule has 0 bridgehead atoms. The van der Waals surface area contributed by atoms with Crippen LogP contribution in [0.3, 0.4) is 0 Å². The minimum atomic E-state index is 0. The van der Waals surface area contributed by atoms with Crippen LogP contribution < -0.4 is 10.6 Å². The Balaban J connectivity index is 0.00000225. The first-order chi connectivity index (χ1) is 11.8. The molecule has 0 radical (unpaired) electrons. The molecule has 0 aliphatic rings. The monoisotopic (exact) mass is 449 g/mol. The summed E-state index contributed by atoms with van der Waals surface area (Å²) in [5.74, 6) is 1.86. The highest BCUT2D eigenvalue weighted by Gasteiger charge is 2.02. The summed E-state index contributed by atoms with van der Waals surface area (Å²) in [5, 5.41) is 6.66. The molecule has 0 saturated carbocycles. The fraction of sp³-hybridized carbons (Fsp3) is 0.263. The van der Waals surface area contributed by atoms with E-state index in [0.29, 0.717) is 0 Å². The van der Waals surface area contributed by atoms with Crippen molar-refractivity contribution in [3.05, 3.63) is 66.0 Å². The van der Waals surface area contributed by atoms with E-state index in [9.17, 15) is 0 Å². The molecule has 0 amide bonds. The quantitative estimate of drug-likeness (QED) is 0.234. The van der Waals surface area contributed by atoms with Gasteiger partial charge in [-0.15, -0.1) is 24.0 Å². The molecule has 0 spiro atoms. The summed E-state index contributed by atoms with van der Waals surface area (Å²) in [6, 6.07) is 18.4. The topological polar surface area (TPSA) is 65.1 Å². The molecule has 0 aliphatic carbocycles. The Kier molecular flexibility index (Phi) is 7.72. The number of halogens is 1. The van der Waals surface area contributed by atoms with E-state index in [4.69, 9.17) is 0 Å². The largest absolute Gasteiger partial charge is 0.356 e. The van der Waals surface area contributed by atoms with Gasteiger partial charge in [-0.1, -0.05) is 42.5 Å². The minimum absolute atomic E-state index is 0. The molecule has 1 aromatic heterocycles. The van der Waals surface area contributed by atoms with Gasteiger partial charge in [0.05, 0.1) is 11.0 Å². The Bertz CT molecular complexity index is 765. The number of imidazole rings is 1. The lowest BCUT2D eigenvalue weighted by Crippen LogP contribution is -2.37. The molecule has 132 valence electrons. The number of aryl methyl sites for hydroxylation is 1. The second-order valence-corrected chi connectivity index (χ2v) is 5.64. The molecule has 3 N–H and O–H groups in total. The lowest BCUT2D eigenvalue weighted by molar-refractivity contribution is 0.726. The Labute approximate surface area is 165 Å². The van der Waals surface area contributed by atoms with E-state index in [0.717, 1.165) is 48.7 Å². The number of aromatic nitrogens is 2. The molecule has 0 fully saturated rings. The van der Waals surface area contributed by atoms with E-state index < -0.39 is 0 Å². The Morgan fingerprint density at radius 3 is 2.56 bits per heavy atom. The van der Waals surface area contributed by atoms with E-state index >= 15 is 0 Å². The van der Waals surface area contributed by atoms with Crippen LogP contribution in [0.4, 0.5) is 0 Å². The Morgan fingerprint density at radius 1 is 1.04 bits per heavy atom. The molecule has 1 heterocycles. The van der Waals surface area contributed by atoms with Crippen LogP contribution in [0.1, 0.15) is 17.8 Å². The van der Waals surface area contributed by atoms with Gasteiger partial charge in [0.1, 0.15) is 5.82 Å². The predicted octanol–water partition coefficient (Wildman–Crippen LogP) is 3.48. The molecule has 0 saturated heterocycles. The normalized spacial score (nSPS) is 11.2. The van der Waals surface area contributed by atoms with Crippen molar-refractivity contribution >= 4 is 41.0 Å². The van der Waals surface area contributed by atoms with Crippen LogP contribution in [0, 0.1) is 0 Å². The van der Waals surface area contributed by atoms with Crippen LogP contribution in [0.2, 0.25) is 0 Å². The van der Waals surface area contributed by atoms with Gasteiger partial charge in [0.25, 0.3) is 0 Å². The highest BCUT2D eigenvalue weighted by molar-refractivity contribution is 14.0. The van der Waals surface area contributed by atoms with Crippen molar-refractivity contribution in [1.29, 1.82) is 0 Å². The second-order valence-electron chi connectivity index (χ2n) is 5.64. The second kappa shape index (κ2) is 10.0. The van der Waals surface area contributed by atoms with Crippen molar-refractivity contribution in [2.45, 2.75) is 19.4 Å². The summed E-state index contributed by atoms with van der Waals surface area (Å²) in [7, 11) is 1.79. The number of hydrogen-bond acceptors (Lipinski definition) is 2. The standard InChI is InChI=1S/C19H23N5.HI/c1-20-19(22-14-15-8-3-2-4-9-15)21-13-7-12-18-23-16-10-5-6-11-17(16)24-18;/h2-6,8-11H,7,12-14H2,1H3,(H,23,24)(H2,20,21,22);1H. The lowest BCUT2D eigenvalue weighted by atomic mass is 10.2. The molecule has 0 aliphatic heterocycles. The molecule has 0 atom stereocenters. The average Bonchev–Trinajstić information content (AvgIpc) is 3.05. The molecule has 3 rings (SSSR count). The Hall–Kier alpha value is -2.09. The maximum atomic E-state index is 4.60. The van der Waals surface area contributed by atoms with Crippen molar-refractivity contribution in [3.8, 4) is 0 Å². The van der Waals surface area contributed by atoms with Gasteiger partial charge in [-0.25, -0.2) is 4.98 Å². The van der Waals surface area contributed by atoms with Gasteiger partial charge in [0, 0.05) is 26.6 Å². The summed E-state index contributed by atoms with van der Waals surface area (Å²) < 4.78 is 0. The number of nitrogens with zero attached hydrogens (tertiary/aromatic N) is 2. The summed E-state index contributed by atoms with van der Waals surface area (Å²) >= 11 is 0. The number of nitrogens with one attached hydrogen (secondary N) is 3. The van der Waals surface area contributed by atoms with Gasteiger partial charge in [-0.3, -0.25) is 4.99 Å². The average molecular weight is 449 g/mol. The van der Waals surface area contributed by atoms with E-state index in [1.54, 1.807) is 7.05 Å². The van der Waals surface area contributed by atoms with Crippen LogP contribution in [0.25, 0.3) is 11.0 Å². The van der Waals surface area contributed by atoms with Gasteiger partial charge in [0.15, 0.2) is 5.96 Å². The van der Waals surface area contributed by atoms with E-state index in [-0.39, 0.29) is 24.0 Å². The number of hydrogen-bond donors (Lipinski definition) is 3. The molecular weight excluding hydrogens is 425 g/mol. The van der Waals surface area contributed by atoms with Crippen molar-refractivity contribution in [2.24, 2.45) is 4.99 Å². The minimum Gasteiger partial charge on any atom is -0.356 e. The third-order valence-corrected chi connectivity index (χ3v) is 3.85. The number of fused-ring (bicyclic) bond motifs is 1. The summed E-state index contributed by atoms with van der Waals surface area (Å²) in [6.45, 7) is 1.62. The van der Waals surface area contributed by atoms with Crippen LogP contribution in [0.15, 0.2) is 59.6 Å². The number of H-pyrrole nitrogens is 1. The number of guanidine groups is 1. The van der Waals surface area contributed by atoms with Crippen LogP contribution in [-0.4, -0.2) is 29.5 Å². The zero-order valence-corrected chi connectivity index (χ0v) is 16.7. The van der Waals surface area contributed by atoms with E-state index in [1.807, 2.05) is 36.4 Å². The maximum absolute atomic E-state index is 4.60. The van der Waals surface area contributed by atoms with Gasteiger partial charge in [0.2, 0.25) is 0 Å². The van der Waals surface area contributed by atoms with Crippen molar-refractivity contribution in [1.82, 2.24) is 20.6 Å². The third kappa shape index (κ3) is 5.74. The van der Waals surface area contributed by atoms with Crippen molar-refractivity contribution < 1.29 is 0 Å².